The lowest BCUT2D eigenvalue weighted by Gasteiger charge is -2.01. The standard InChI is InChI=1S/C6H10O3/c1-4-9-5(2)6(7)8-3/h2,4H2,1,3H3. The van der Waals surface area contributed by atoms with Crippen molar-refractivity contribution in [3.05, 3.63) is 12.3 Å². The van der Waals surface area contributed by atoms with Crippen LogP contribution in [-0.2, 0) is 14.3 Å². The van der Waals surface area contributed by atoms with Gasteiger partial charge < -0.3 is 9.47 Å². The molecule has 0 aromatic rings. The van der Waals surface area contributed by atoms with Gasteiger partial charge in [0.15, 0.2) is 5.76 Å². The first-order chi connectivity index (χ1) is 4.22. The highest BCUT2D eigenvalue weighted by molar-refractivity contribution is 5.85. The van der Waals surface area contributed by atoms with E-state index in [2.05, 4.69) is 11.3 Å². The molecule has 0 amide bonds. The number of hydrogen-bond donors (Lipinski definition) is 0. The Kier molecular flexibility index (Phi) is 3.51. The Morgan fingerprint density at radius 1 is 1.67 bits per heavy atom. The molecule has 3 heteroatoms. The molecule has 0 bridgehead atoms. The van der Waals surface area contributed by atoms with Gasteiger partial charge in [0, 0.05) is 0 Å². The van der Waals surface area contributed by atoms with Crippen molar-refractivity contribution in [2.45, 2.75) is 6.92 Å². The maximum absolute atomic E-state index is 10.5. The van der Waals surface area contributed by atoms with Crippen molar-refractivity contribution in [2.75, 3.05) is 13.7 Å². The fourth-order valence-electron chi connectivity index (χ4n) is 0.347. The fourth-order valence-corrected chi connectivity index (χ4v) is 0.347. The summed E-state index contributed by atoms with van der Waals surface area (Å²) < 4.78 is 9.03. The lowest BCUT2D eigenvalue weighted by atomic mass is 10.6. The molecule has 0 rings (SSSR count). The Morgan fingerprint density at radius 2 is 2.22 bits per heavy atom. The third-order valence-electron chi connectivity index (χ3n) is 0.732. The zero-order valence-corrected chi connectivity index (χ0v) is 5.64. The number of rotatable bonds is 3. The summed E-state index contributed by atoms with van der Waals surface area (Å²) in [5.74, 6) is -0.461. The summed E-state index contributed by atoms with van der Waals surface area (Å²) in [7, 11) is 1.28. The largest absolute Gasteiger partial charge is 0.487 e. The zero-order valence-electron chi connectivity index (χ0n) is 5.64. The van der Waals surface area contributed by atoms with E-state index in [0.29, 0.717) is 6.61 Å². The summed E-state index contributed by atoms with van der Waals surface area (Å²) in [6.45, 7) is 5.53. The minimum absolute atomic E-state index is 0.0556. The summed E-state index contributed by atoms with van der Waals surface area (Å²) >= 11 is 0. The Bertz CT molecular complexity index is 117. The molecule has 0 aromatic carbocycles. The number of methoxy groups -OCH3 is 1. The molecule has 0 saturated heterocycles. The highest BCUT2D eigenvalue weighted by atomic mass is 16.6. The van der Waals surface area contributed by atoms with Crippen molar-refractivity contribution in [1.29, 1.82) is 0 Å². The smallest absolute Gasteiger partial charge is 0.372 e. The van der Waals surface area contributed by atoms with Crippen LogP contribution in [0.5, 0.6) is 0 Å². The molecule has 0 heterocycles. The van der Waals surface area contributed by atoms with Crippen LogP contribution in [0.25, 0.3) is 0 Å². The zero-order chi connectivity index (χ0) is 7.28. The van der Waals surface area contributed by atoms with Gasteiger partial charge in [-0.3, -0.25) is 0 Å². The third-order valence-corrected chi connectivity index (χ3v) is 0.732. The van der Waals surface area contributed by atoms with Crippen molar-refractivity contribution >= 4 is 5.97 Å². The van der Waals surface area contributed by atoms with Crippen molar-refractivity contribution in [3.63, 3.8) is 0 Å². The Balaban J connectivity index is 3.60. The molecule has 0 aromatic heterocycles. The molecule has 0 radical (unpaired) electrons. The van der Waals surface area contributed by atoms with Crippen LogP contribution in [0, 0.1) is 0 Å². The van der Waals surface area contributed by atoms with Crippen LogP contribution >= 0.6 is 0 Å². The highest BCUT2D eigenvalue weighted by Gasteiger charge is 2.04. The van der Waals surface area contributed by atoms with E-state index in [0.717, 1.165) is 0 Å². The highest BCUT2D eigenvalue weighted by Crippen LogP contribution is 1.93. The van der Waals surface area contributed by atoms with E-state index in [1.807, 2.05) is 0 Å². The van der Waals surface area contributed by atoms with E-state index in [1.54, 1.807) is 6.92 Å². The molecule has 3 nitrogen and oxygen atoms in total. The van der Waals surface area contributed by atoms with Gasteiger partial charge in [0.1, 0.15) is 0 Å². The number of carbonyl (C=O) groups excluding carboxylic acids is 1. The molecule has 0 atom stereocenters. The maximum atomic E-state index is 10.5. The second-order valence-electron chi connectivity index (χ2n) is 1.35. The molecule has 9 heavy (non-hydrogen) atoms. The average Bonchev–Trinajstić information content (AvgIpc) is 1.87. The van der Waals surface area contributed by atoms with Crippen molar-refractivity contribution in [3.8, 4) is 0 Å². The van der Waals surface area contributed by atoms with Crippen LogP contribution in [0.2, 0.25) is 0 Å². The SMILES string of the molecule is C=C(OCC)C(=O)OC. The van der Waals surface area contributed by atoms with Gasteiger partial charge in [-0.1, -0.05) is 0 Å². The van der Waals surface area contributed by atoms with Crippen LogP contribution in [0.15, 0.2) is 12.3 Å². The summed E-state index contributed by atoms with van der Waals surface area (Å²) in [4.78, 5) is 10.5. The van der Waals surface area contributed by atoms with Gasteiger partial charge in [-0.05, 0) is 13.5 Å². The molecule has 0 aliphatic rings. The number of ether oxygens (including phenoxy) is 2. The van der Waals surface area contributed by atoms with E-state index >= 15 is 0 Å². The van der Waals surface area contributed by atoms with E-state index in [-0.39, 0.29) is 5.76 Å². The minimum atomic E-state index is -0.517. The predicted molar refractivity (Wildman–Crippen MR) is 32.8 cm³/mol. The van der Waals surface area contributed by atoms with E-state index < -0.39 is 5.97 Å². The normalized spacial score (nSPS) is 8.22. The monoisotopic (exact) mass is 130 g/mol. The van der Waals surface area contributed by atoms with Gasteiger partial charge in [0.05, 0.1) is 13.7 Å². The van der Waals surface area contributed by atoms with Crippen LogP contribution in [0.3, 0.4) is 0 Å². The third kappa shape index (κ3) is 2.74. The van der Waals surface area contributed by atoms with E-state index in [1.165, 1.54) is 7.11 Å². The van der Waals surface area contributed by atoms with Crippen LogP contribution in [0.1, 0.15) is 6.92 Å². The second kappa shape index (κ2) is 3.95. The molecule has 0 aliphatic carbocycles. The van der Waals surface area contributed by atoms with Gasteiger partial charge in [-0.15, -0.1) is 0 Å². The minimum Gasteiger partial charge on any atom is -0.487 e. The summed E-state index contributed by atoms with van der Waals surface area (Å²) in [5, 5.41) is 0. The number of esters is 1. The van der Waals surface area contributed by atoms with Crippen LogP contribution in [-0.4, -0.2) is 19.7 Å². The molecule has 0 unspecified atom stereocenters. The molecule has 0 N–H and O–H groups in total. The van der Waals surface area contributed by atoms with Crippen LogP contribution in [0.4, 0.5) is 0 Å². The Hall–Kier alpha value is -0.990. The predicted octanol–water partition coefficient (Wildman–Crippen LogP) is 0.710. The topological polar surface area (TPSA) is 35.5 Å². The first-order valence-corrected chi connectivity index (χ1v) is 2.62. The lowest BCUT2D eigenvalue weighted by Crippen LogP contribution is -2.06. The van der Waals surface area contributed by atoms with Crippen molar-refractivity contribution in [1.82, 2.24) is 0 Å². The number of hydrogen-bond acceptors (Lipinski definition) is 3. The lowest BCUT2D eigenvalue weighted by molar-refractivity contribution is -0.140. The Labute approximate surface area is 54.3 Å². The van der Waals surface area contributed by atoms with Gasteiger partial charge in [0.2, 0.25) is 0 Å². The van der Waals surface area contributed by atoms with Gasteiger partial charge in [-0.2, -0.15) is 0 Å². The van der Waals surface area contributed by atoms with Crippen molar-refractivity contribution in [2.24, 2.45) is 0 Å². The molecule has 0 saturated carbocycles. The first kappa shape index (κ1) is 8.01. The molecule has 0 fully saturated rings. The summed E-state index contributed by atoms with van der Waals surface area (Å²) in [6.07, 6.45) is 0. The van der Waals surface area contributed by atoms with Gasteiger partial charge in [0.25, 0.3) is 0 Å². The first-order valence-electron chi connectivity index (χ1n) is 2.62. The van der Waals surface area contributed by atoms with Gasteiger partial charge in [-0.25, -0.2) is 4.79 Å². The maximum Gasteiger partial charge on any atom is 0.372 e. The number of carbonyl (C=O) groups is 1. The van der Waals surface area contributed by atoms with Gasteiger partial charge >= 0.3 is 5.97 Å². The fraction of sp³-hybridized carbons (Fsp3) is 0.500. The second-order valence-corrected chi connectivity index (χ2v) is 1.35. The molecular weight excluding hydrogens is 120 g/mol. The van der Waals surface area contributed by atoms with Crippen molar-refractivity contribution < 1.29 is 14.3 Å². The molecule has 0 spiro atoms. The van der Waals surface area contributed by atoms with Crippen LogP contribution < -0.4 is 0 Å². The molecule has 52 valence electrons. The Morgan fingerprint density at radius 3 is 2.56 bits per heavy atom. The molecular formula is C6H10O3. The summed E-state index contributed by atoms with van der Waals surface area (Å²) in [5.41, 5.74) is 0. The van der Waals surface area contributed by atoms with E-state index in [9.17, 15) is 4.79 Å². The quantitative estimate of drug-likeness (QED) is 0.320. The summed E-state index contributed by atoms with van der Waals surface area (Å²) in [6, 6.07) is 0. The van der Waals surface area contributed by atoms with E-state index in [4.69, 9.17) is 4.74 Å². The molecule has 0 aliphatic heterocycles. The average molecular weight is 130 g/mol.